The third-order valence-electron chi connectivity index (χ3n) is 3.49. The minimum atomic E-state index is -0.241. The first-order valence-electron chi connectivity index (χ1n) is 7.89. The van der Waals surface area contributed by atoms with Crippen LogP contribution in [-0.4, -0.2) is 19.2 Å². The monoisotopic (exact) mass is 390 g/mol. The Balaban J connectivity index is 1.74. The van der Waals surface area contributed by atoms with Crippen molar-refractivity contribution in [3.8, 4) is 5.75 Å². The molecule has 0 bridgehead atoms. The molecule has 0 saturated carbocycles. The van der Waals surface area contributed by atoms with Crippen molar-refractivity contribution in [1.29, 1.82) is 0 Å². The Bertz CT molecular complexity index is 679. The molecule has 0 aliphatic heterocycles. The van der Waals surface area contributed by atoms with E-state index in [-0.39, 0.29) is 11.4 Å². The highest BCUT2D eigenvalue weighted by molar-refractivity contribution is 9.10. The van der Waals surface area contributed by atoms with E-state index < -0.39 is 0 Å². The smallest absolute Gasteiger partial charge is 0.319 e. The Kier molecular flexibility index (Phi) is 6.26. The van der Waals surface area contributed by atoms with Crippen LogP contribution in [0.15, 0.2) is 53.0 Å². The standard InChI is InChI=1S/C19H23BrN2O2/c1-19(2,3)14-8-10-15(11-9-14)22-18(23)21-12-13-24-17-7-5-4-6-16(17)20/h4-11H,12-13H2,1-3H3,(H2,21,22,23). The van der Waals surface area contributed by atoms with Crippen molar-refractivity contribution in [2.45, 2.75) is 26.2 Å². The van der Waals surface area contributed by atoms with Crippen molar-refractivity contribution in [2.75, 3.05) is 18.5 Å². The molecule has 0 unspecified atom stereocenters. The number of urea groups is 1. The summed E-state index contributed by atoms with van der Waals surface area (Å²) < 4.78 is 6.50. The molecule has 2 aromatic rings. The van der Waals surface area contributed by atoms with Gasteiger partial charge in [0.25, 0.3) is 0 Å². The van der Waals surface area contributed by atoms with Gasteiger partial charge in [0.15, 0.2) is 0 Å². The summed E-state index contributed by atoms with van der Waals surface area (Å²) >= 11 is 3.42. The summed E-state index contributed by atoms with van der Waals surface area (Å²) in [6.45, 7) is 7.31. The fourth-order valence-electron chi connectivity index (χ4n) is 2.12. The number of hydrogen-bond donors (Lipinski definition) is 2. The van der Waals surface area contributed by atoms with E-state index in [2.05, 4.69) is 47.3 Å². The van der Waals surface area contributed by atoms with Crippen LogP contribution in [0.3, 0.4) is 0 Å². The van der Waals surface area contributed by atoms with Crippen molar-refractivity contribution in [2.24, 2.45) is 0 Å². The first kappa shape index (κ1) is 18.3. The van der Waals surface area contributed by atoms with Gasteiger partial charge in [-0.3, -0.25) is 0 Å². The number of hydrogen-bond acceptors (Lipinski definition) is 2. The van der Waals surface area contributed by atoms with E-state index in [0.717, 1.165) is 15.9 Å². The van der Waals surface area contributed by atoms with Crippen LogP contribution < -0.4 is 15.4 Å². The summed E-state index contributed by atoms with van der Waals surface area (Å²) in [5, 5.41) is 5.59. The summed E-state index contributed by atoms with van der Waals surface area (Å²) in [5.74, 6) is 0.762. The van der Waals surface area contributed by atoms with Gasteiger partial charge in [-0.15, -0.1) is 0 Å². The van der Waals surface area contributed by atoms with Crippen molar-refractivity contribution in [1.82, 2.24) is 5.32 Å². The Hall–Kier alpha value is -2.01. The Morgan fingerprint density at radius 1 is 1.08 bits per heavy atom. The summed E-state index contributed by atoms with van der Waals surface area (Å²) in [5.41, 5.74) is 2.10. The van der Waals surface area contributed by atoms with Gasteiger partial charge in [0.05, 0.1) is 11.0 Å². The second-order valence-electron chi connectivity index (χ2n) is 6.49. The first-order valence-corrected chi connectivity index (χ1v) is 8.68. The van der Waals surface area contributed by atoms with Crippen LogP contribution in [-0.2, 0) is 5.41 Å². The van der Waals surface area contributed by atoms with Crippen LogP contribution in [0.1, 0.15) is 26.3 Å². The second kappa shape index (κ2) is 8.20. The van der Waals surface area contributed by atoms with Gasteiger partial charge in [-0.25, -0.2) is 4.79 Å². The molecule has 0 aromatic heterocycles. The van der Waals surface area contributed by atoms with Gasteiger partial charge in [-0.2, -0.15) is 0 Å². The zero-order valence-electron chi connectivity index (χ0n) is 14.2. The highest BCUT2D eigenvalue weighted by Crippen LogP contribution is 2.24. The van der Waals surface area contributed by atoms with Gasteiger partial charge in [0, 0.05) is 5.69 Å². The van der Waals surface area contributed by atoms with Gasteiger partial charge in [-0.1, -0.05) is 45.0 Å². The molecule has 2 N–H and O–H groups in total. The van der Waals surface area contributed by atoms with E-state index in [1.54, 1.807) is 0 Å². The van der Waals surface area contributed by atoms with E-state index in [4.69, 9.17) is 4.74 Å². The maximum atomic E-state index is 11.9. The van der Waals surface area contributed by atoms with Crippen LogP contribution in [0.25, 0.3) is 0 Å². The molecule has 0 spiro atoms. The molecular weight excluding hydrogens is 368 g/mol. The minimum absolute atomic E-state index is 0.101. The summed E-state index contributed by atoms with van der Waals surface area (Å²) in [7, 11) is 0. The molecule has 0 radical (unpaired) electrons. The van der Waals surface area contributed by atoms with Crippen LogP contribution in [0.4, 0.5) is 10.5 Å². The number of benzene rings is 2. The maximum Gasteiger partial charge on any atom is 0.319 e. The number of nitrogens with one attached hydrogen (secondary N) is 2. The van der Waals surface area contributed by atoms with Crippen LogP contribution in [0, 0.1) is 0 Å². The van der Waals surface area contributed by atoms with E-state index >= 15 is 0 Å². The number of carbonyl (C=O) groups excluding carboxylic acids is 1. The van der Waals surface area contributed by atoms with E-state index in [1.807, 2.05) is 48.5 Å². The van der Waals surface area contributed by atoms with Gasteiger partial charge >= 0.3 is 6.03 Å². The Morgan fingerprint density at radius 2 is 1.75 bits per heavy atom. The molecule has 2 amide bonds. The lowest BCUT2D eigenvalue weighted by Gasteiger charge is -2.19. The lowest BCUT2D eigenvalue weighted by atomic mass is 9.87. The van der Waals surface area contributed by atoms with Crippen molar-refractivity contribution in [3.05, 3.63) is 58.6 Å². The maximum absolute atomic E-state index is 11.9. The van der Waals surface area contributed by atoms with Crippen LogP contribution in [0.2, 0.25) is 0 Å². The largest absolute Gasteiger partial charge is 0.491 e. The number of carbonyl (C=O) groups is 1. The molecule has 0 fully saturated rings. The van der Waals surface area contributed by atoms with Crippen molar-refractivity contribution in [3.63, 3.8) is 0 Å². The molecule has 2 rings (SSSR count). The zero-order chi connectivity index (χ0) is 17.6. The predicted molar refractivity (Wildman–Crippen MR) is 102 cm³/mol. The number of halogens is 1. The number of amides is 2. The Labute approximate surface area is 151 Å². The fourth-order valence-corrected chi connectivity index (χ4v) is 2.52. The highest BCUT2D eigenvalue weighted by Gasteiger charge is 2.13. The summed E-state index contributed by atoms with van der Waals surface area (Å²) in [6.07, 6.45) is 0. The molecule has 0 heterocycles. The lowest BCUT2D eigenvalue weighted by Crippen LogP contribution is -2.32. The molecule has 24 heavy (non-hydrogen) atoms. The molecule has 4 nitrogen and oxygen atoms in total. The number of rotatable bonds is 5. The van der Waals surface area contributed by atoms with Crippen LogP contribution in [0.5, 0.6) is 5.75 Å². The second-order valence-corrected chi connectivity index (χ2v) is 7.34. The van der Waals surface area contributed by atoms with Gasteiger partial charge < -0.3 is 15.4 Å². The van der Waals surface area contributed by atoms with Gasteiger partial charge in [-0.05, 0) is 51.2 Å². The third kappa shape index (κ3) is 5.57. The number of anilines is 1. The highest BCUT2D eigenvalue weighted by atomic mass is 79.9. The molecule has 2 aromatic carbocycles. The quantitative estimate of drug-likeness (QED) is 0.709. The van der Waals surface area contributed by atoms with Gasteiger partial charge in [0.2, 0.25) is 0 Å². The van der Waals surface area contributed by atoms with Crippen molar-refractivity contribution < 1.29 is 9.53 Å². The topological polar surface area (TPSA) is 50.4 Å². The van der Waals surface area contributed by atoms with Gasteiger partial charge in [0.1, 0.15) is 12.4 Å². The van der Waals surface area contributed by atoms with E-state index in [1.165, 1.54) is 5.56 Å². The van der Waals surface area contributed by atoms with E-state index in [0.29, 0.717) is 13.2 Å². The minimum Gasteiger partial charge on any atom is -0.491 e. The average Bonchev–Trinajstić information content (AvgIpc) is 2.53. The summed E-state index contributed by atoms with van der Waals surface area (Å²) in [6, 6.07) is 15.3. The lowest BCUT2D eigenvalue weighted by molar-refractivity contribution is 0.247. The number of para-hydroxylation sites is 1. The van der Waals surface area contributed by atoms with Crippen molar-refractivity contribution >= 4 is 27.6 Å². The third-order valence-corrected chi connectivity index (χ3v) is 4.15. The number of ether oxygens (including phenoxy) is 1. The molecule has 0 saturated heterocycles. The normalized spacial score (nSPS) is 11.0. The first-order chi connectivity index (χ1) is 11.4. The average molecular weight is 391 g/mol. The van der Waals surface area contributed by atoms with Crippen LogP contribution >= 0.6 is 15.9 Å². The predicted octanol–water partition coefficient (Wildman–Crippen LogP) is 4.95. The molecule has 0 atom stereocenters. The summed E-state index contributed by atoms with van der Waals surface area (Å²) in [4.78, 5) is 11.9. The molecule has 0 aliphatic rings. The van der Waals surface area contributed by atoms with E-state index in [9.17, 15) is 4.79 Å². The Morgan fingerprint density at radius 3 is 2.38 bits per heavy atom. The molecule has 0 aliphatic carbocycles. The molecular formula is C19H23BrN2O2. The SMILES string of the molecule is CC(C)(C)c1ccc(NC(=O)NCCOc2ccccc2Br)cc1. The molecule has 128 valence electrons. The molecule has 5 heteroatoms. The fraction of sp³-hybridized carbons (Fsp3) is 0.316. The zero-order valence-corrected chi connectivity index (χ0v) is 15.8.